The largest absolute Gasteiger partial charge is 0.379 e. The second-order valence-electron chi connectivity index (χ2n) is 7.77. The maximum atomic E-state index is 12.5. The summed E-state index contributed by atoms with van der Waals surface area (Å²) in [5.74, 6) is -0.472. The summed E-state index contributed by atoms with van der Waals surface area (Å²) < 4.78 is 32.1. The van der Waals surface area contributed by atoms with E-state index in [1.807, 2.05) is 4.90 Å². The molecule has 0 atom stereocenters. The maximum absolute atomic E-state index is 12.5. The first-order chi connectivity index (χ1) is 15.2. The molecule has 2 aromatic carbocycles. The molecule has 1 aliphatic rings. The molecule has 32 heavy (non-hydrogen) atoms. The summed E-state index contributed by atoms with van der Waals surface area (Å²) in [7, 11) is -3.61. The van der Waals surface area contributed by atoms with Crippen molar-refractivity contribution >= 4 is 33.2 Å². The minimum absolute atomic E-state index is 0.0972. The normalized spacial score (nSPS) is 14.8. The van der Waals surface area contributed by atoms with Crippen LogP contribution in [-0.4, -0.2) is 64.0 Å². The number of anilines is 2. The van der Waals surface area contributed by atoms with E-state index in [1.54, 1.807) is 38.1 Å². The maximum Gasteiger partial charge on any atom is 0.255 e. The van der Waals surface area contributed by atoms with Gasteiger partial charge in [0.25, 0.3) is 5.91 Å². The van der Waals surface area contributed by atoms with Crippen molar-refractivity contribution in [2.24, 2.45) is 0 Å². The number of ether oxygens (including phenoxy) is 1. The highest BCUT2D eigenvalue weighted by Gasteiger charge is 2.17. The van der Waals surface area contributed by atoms with Crippen molar-refractivity contribution in [3.8, 4) is 0 Å². The Morgan fingerprint density at radius 1 is 0.938 bits per heavy atom. The van der Waals surface area contributed by atoms with Gasteiger partial charge in [0.2, 0.25) is 15.9 Å². The first kappa shape index (κ1) is 23.9. The molecule has 9 nitrogen and oxygen atoms in total. The van der Waals surface area contributed by atoms with Gasteiger partial charge in [0.1, 0.15) is 0 Å². The third-order valence-corrected chi connectivity index (χ3v) is 6.39. The van der Waals surface area contributed by atoms with Crippen molar-refractivity contribution in [3.05, 3.63) is 54.1 Å². The standard InChI is InChI=1S/C22H28N4O5S/c1-16(2)25-32(29,30)20-9-3-17(4-10-20)22(28)24-19-7-5-18(6-8-19)23-21(27)15-26-11-13-31-14-12-26/h3-10,16,25H,11-15H2,1-2H3,(H,23,27)(H,24,28). The number of benzene rings is 2. The number of morpholine rings is 1. The van der Waals surface area contributed by atoms with E-state index in [9.17, 15) is 18.0 Å². The fourth-order valence-corrected chi connectivity index (χ4v) is 4.42. The Morgan fingerprint density at radius 3 is 2.06 bits per heavy atom. The highest BCUT2D eigenvalue weighted by Crippen LogP contribution is 2.16. The van der Waals surface area contributed by atoms with E-state index in [4.69, 9.17) is 4.74 Å². The SMILES string of the molecule is CC(C)NS(=O)(=O)c1ccc(C(=O)Nc2ccc(NC(=O)CN3CCOCC3)cc2)cc1. The van der Waals surface area contributed by atoms with Crippen LogP contribution in [-0.2, 0) is 19.6 Å². The summed E-state index contributed by atoms with van der Waals surface area (Å²) in [5, 5.41) is 5.59. The van der Waals surface area contributed by atoms with E-state index < -0.39 is 10.0 Å². The molecule has 1 heterocycles. The van der Waals surface area contributed by atoms with Gasteiger partial charge in [-0.05, 0) is 62.4 Å². The smallest absolute Gasteiger partial charge is 0.255 e. The summed E-state index contributed by atoms with van der Waals surface area (Å²) in [6.07, 6.45) is 0. The Bertz CT molecular complexity index is 1030. The quantitative estimate of drug-likeness (QED) is 0.554. The second-order valence-corrected chi connectivity index (χ2v) is 9.48. The zero-order valence-corrected chi connectivity index (χ0v) is 18.9. The van der Waals surface area contributed by atoms with Crippen molar-refractivity contribution in [1.82, 2.24) is 9.62 Å². The minimum Gasteiger partial charge on any atom is -0.379 e. The molecule has 0 spiro atoms. The van der Waals surface area contributed by atoms with Gasteiger partial charge < -0.3 is 15.4 Å². The fourth-order valence-electron chi connectivity index (χ4n) is 3.17. The summed E-state index contributed by atoms with van der Waals surface area (Å²) in [6.45, 7) is 6.52. The number of nitrogens with zero attached hydrogens (tertiary/aromatic N) is 1. The predicted octanol–water partition coefficient (Wildman–Crippen LogP) is 1.90. The summed E-state index contributed by atoms with van der Waals surface area (Å²) >= 11 is 0. The average molecular weight is 461 g/mol. The van der Waals surface area contributed by atoms with E-state index in [2.05, 4.69) is 15.4 Å². The van der Waals surface area contributed by atoms with E-state index in [1.165, 1.54) is 24.3 Å². The molecular formula is C22H28N4O5S. The Balaban J connectivity index is 1.54. The summed E-state index contributed by atoms with van der Waals surface area (Å²) in [5.41, 5.74) is 1.52. The van der Waals surface area contributed by atoms with Crippen LogP contribution in [0.15, 0.2) is 53.4 Å². The molecular weight excluding hydrogens is 432 g/mol. The molecule has 2 amide bonds. The van der Waals surface area contributed by atoms with Crippen LogP contribution in [0, 0.1) is 0 Å². The lowest BCUT2D eigenvalue weighted by Crippen LogP contribution is -2.41. The van der Waals surface area contributed by atoms with Crippen LogP contribution in [0.2, 0.25) is 0 Å². The molecule has 0 radical (unpaired) electrons. The van der Waals surface area contributed by atoms with Crippen LogP contribution in [0.5, 0.6) is 0 Å². The molecule has 3 rings (SSSR count). The zero-order valence-electron chi connectivity index (χ0n) is 18.1. The third-order valence-electron chi connectivity index (χ3n) is 4.72. The number of hydrogen-bond donors (Lipinski definition) is 3. The molecule has 3 N–H and O–H groups in total. The summed E-state index contributed by atoms with van der Waals surface area (Å²) in [6, 6.07) is 12.3. The van der Waals surface area contributed by atoms with E-state index >= 15 is 0 Å². The van der Waals surface area contributed by atoms with Crippen molar-refractivity contribution in [2.75, 3.05) is 43.5 Å². The first-order valence-electron chi connectivity index (χ1n) is 10.4. The van der Waals surface area contributed by atoms with Crippen LogP contribution < -0.4 is 15.4 Å². The lowest BCUT2D eigenvalue weighted by molar-refractivity contribution is -0.118. The number of rotatable bonds is 8. The van der Waals surface area contributed by atoms with Gasteiger partial charge >= 0.3 is 0 Å². The monoisotopic (exact) mass is 460 g/mol. The highest BCUT2D eigenvalue weighted by molar-refractivity contribution is 7.89. The van der Waals surface area contributed by atoms with Gasteiger partial charge in [-0.15, -0.1) is 0 Å². The molecule has 0 unspecified atom stereocenters. The molecule has 0 bridgehead atoms. The van der Waals surface area contributed by atoms with Crippen molar-refractivity contribution in [3.63, 3.8) is 0 Å². The van der Waals surface area contributed by atoms with Crippen molar-refractivity contribution < 1.29 is 22.7 Å². The van der Waals surface area contributed by atoms with Crippen LogP contribution in [0.4, 0.5) is 11.4 Å². The second kappa shape index (κ2) is 10.7. The third kappa shape index (κ3) is 6.86. The van der Waals surface area contributed by atoms with Gasteiger partial charge in [-0.25, -0.2) is 13.1 Å². The molecule has 0 saturated carbocycles. The van der Waals surface area contributed by atoms with Crippen LogP contribution in [0.3, 0.4) is 0 Å². The Morgan fingerprint density at radius 2 is 1.50 bits per heavy atom. The predicted molar refractivity (Wildman–Crippen MR) is 122 cm³/mol. The lowest BCUT2D eigenvalue weighted by Gasteiger charge is -2.25. The number of sulfonamides is 1. The number of amides is 2. The Kier molecular flexibility index (Phi) is 7.97. The zero-order chi connectivity index (χ0) is 23.1. The highest BCUT2D eigenvalue weighted by atomic mass is 32.2. The minimum atomic E-state index is -3.61. The van der Waals surface area contributed by atoms with E-state index in [-0.39, 0.29) is 22.8 Å². The molecule has 0 aromatic heterocycles. The molecule has 2 aromatic rings. The van der Waals surface area contributed by atoms with Gasteiger partial charge in [-0.3, -0.25) is 14.5 Å². The lowest BCUT2D eigenvalue weighted by atomic mass is 10.2. The molecule has 0 aliphatic carbocycles. The molecule has 172 valence electrons. The summed E-state index contributed by atoms with van der Waals surface area (Å²) in [4.78, 5) is 26.8. The van der Waals surface area contributed by atoms with Gasteiger partial charge in [0, 0.05) is 36.1 Å². The van der Waals surface area contributed by atoms with E-state index in [0.717, 1.165) is 13.1 Å². The van der Waals surface area contributed by atoms with Crippen LogP contribution in [0.1, 0.15) is 24.2 Å². The number of carbonyl (C=O) groups is 2. The molecule has 10 heteroatoms. The average Bonchev–Trinajstić information content (AvgIpc) is 2.75. The topological polar surface area (TPSA) is 117 Å². The Labute approximate surface area is 188 Å². The number of carbonyl (C=O) groups excluding carboxylic acids is 2. The van der Waals surface area contributed by atoms with Gasteiger partial charge in [0.15, 0.2) is 0 Å². The first-order valence-corrected chi connectivity index (χ1v) is 11.8. The number of nitrogens with one attached hydrogen (secondary N) is 3. The fraction of sp³-hybridized carbons (Fsp3) is 0.364. The molecule has 1 fully saturated rings. The van der Waals surface area contributed by atoms with Crippen molar-refractivity contribution in [2.45, 2.75) is 24.8 Å². The number of hydrogen-bond acceptors (Lipinski definition) is 6. The Hall–Kier alpha value is -2.79. The van der Waals surface area contributed by atoms with Gasteiger partial charge in [-0.2, -0.15) is 0 Å². The van der Waals surface area contributed by atoms with Crippen LogP contribution in [0.25, 0.3) is 0 Å². The van der Waals surface area contributed by atoms with Crippen molar-refractivity contribution in [1.29, 1.82) is 0 Å². The van der Waals surface area contributed by atoms with Crippen LogP contribution >= 0.6 is 0 Å². The molecule has 1 saturated heterocycles. The molecule has 1 aliphatic heterocycles. The van der Waals surface area contributed by atoms with E-state index in [0.29, 0.717) is 36.7 Å². The van der Waals surface area contributed by atoms with Gasteiger partial charge in [-0.1, -0.05) is 0 Å². The van der Waals surface area contributed by atoms with Gasteiger partial charge in [0.05, 0.1) is 24.7 Å².